The molecule has 0 heterocycles. The molecule has 0 radical (unpaired) electrons. The molecule has 4 nitrogen and oxygen atoms in total. The summed E-state index contributed by atoms with van der Waals surface area (Å²) in [5.74, 6) is 0. The second-order valence-electron chi connectivity index (χ2n) is 15.7. The van der Waals surface area contributed by atoms with E-state index >= 15 is 0 Å². The van der Waals surface area contributed by atoms with Gasteiger partial charge in [-0.05, 0) is 144 Å². The molecule has 0 saturated heterocycles. The maximum Gasteiger partial charge on any atom is 0.0786 e. The Morgan fingerprint density at radius 2 is 0.370 bits per heavy atom. The molecular weight excluding hydrogens is 560 g/mol. The van der Waals surface area contributed by atoms with Crippen molar-refractivity contribution in [1.82, 2.24) is 0 Å². The van der Waals surface area contributed by atoms with E-state index in [0.717, 1.165) is 0 Å². The third-order valence-electron chi connectivity index (χ3n) is 12.9. The minimum atomic E-state index is 1.31. The topological polar surface area (TPSA) is 0 Å². The van der Waals surface area contributed by atoms with Crippen LogP contribution in [0.15, 0.2) is 0 Å². The minimum Gasteiger partial charge on any atom is -0.324 e. The zero-order valence-corrected chi connectivity index (χ0v) is 34.4. The van der Waals surface area contributed by atoms with E-state index in [0.29, 0.717) is 0 Å². The smallest absolute Gasteiger partial charge is 0.0786 e. The van der Waals surface area contributed by atoms with Gasteiger partial charge in [0, 0.05) is 0 Å². The van der Waals surface area contributed by atoms with Crippen molar-refractivity contribution in [2.75, 3.05) is 105 Å². The van der Waals surface area contributed by atoms with Crippen molar-refractivity contribution in [2.45, 2.75) is 172 Å². The van der Waals surface area contributed by atoms with E-state index in [9.17, 15) is 0 Å². The third-order valence-corrected chi connectivity index (χ3v) is 12.9. The van der Waals surface area contributed by atoms with E-state index in [1.807, 2.05) is 0 Å². The van der Waals surface area contributed by atoms with Gasteiger partial charge in [0.2, 0.25) is 0 Å². The molecule has 0 spiro atoms. The Morgan fingerprint density at radius 3 is 0.543 bits per heavy atom. The summed E-state index contributed by atoms with van der Waals surface area (Å²) in [6, 6.07) is 0. The Bertz CT molecular complexity index is 602. The first kappa shape index (κ1) is 45.8. The van der Waals surface area contributed by atoms with E-state index in [4.69, 9.17) is 0 Å². The van der Waals surface area contributed by atoms with Crippen LogP contribution in [0.4, 0.5) is 0 Å². The predicted octanol–water partition coefficient (Wildman–Crippen LogP) is 10.7. The summed E-state index contributed by atoms with van der Waals surface area (Å²) in [5.41, 5.74) is 0. The molecule has 0 aromatic carbocycles. The Kier molecular flexibility index (Phi) is 27.5. The molecule has 0 saturated carbocycles. The summed E-state index contributed by atoms with van der Waals surface area (Å²) >= 11 is 0. The molecule has 0 amide bonds. The van der Waals surface area contributed by atoms with Crippen molar-refractivity contribution in [2.24, 2.45) is 0 Å². The molecule has 2 unspecified atom stereocenters. The average molecular weight is 655 g/mol. The molecule has 0 aromatic heterocycles. The van der Waals surface area contributed by atoms with E-state index < -0.39 is 0 Å². The van der Waals surface area contributed by atoms with Crippen molar-refractivity contribution in [3.05, 3.63) is 0 Å². The zero-order valence-electron chi connectivity index (χ0n) is 34.4. The summed E-state index contributed by atoms with van der Waals surface area (Å²) in [5, 5.41) is 0. The average Bonchev–Trinajstić information content (AvgIpc) is 3.08. The van der Waals surface area contributed by atoms with Gasteiger partial charge in [0.1, 0.15) is 0 Å². The highest BCUT2D eigenvalue weighted by molar-refractivity contribution is 4.54. The third kappa shape index (κ3) is 18.0. The van der Waals surface area contributed by atoms with Crippen LogP contribution in [0.2, 0.25) is 0 Å². The number of hydrogen-bond acceptors (Lipinski definition) is 0. The largest absolute Gasteiger partial charge is 0.324 e. The minimum absolute atomic E-state index is 1.31. The molecule has 0 aliphatic rings. The lowest BCUT2D eigenvalue weighted by Crippen LogP contribution is -2.50. The number of hydrogen-bond donors (Lipinski definition) is 0. The Labute approximate surface area is 294 Å². The van der Waals surface area contributed by atoms with Crippen LogP contribution >= 0.6 is 0 Å². The van der Waals surface area contributed by atoms with E-state index in [1.54, 1.807) is 0 Å². The van der Waals surface area contributed by atoms with Crippen molar-refractivity contribution >= 4 is 0 Å². The molecular formula is C42H94N4+4. The lowest BCUT2D eigenvalue weighted by atomic mass is 10.1. The summed E-state index contributed by atoms with van der Waals surface area (Å²) in [4.78, 5) is 0. The highest BCUT2D eigenvalue weighted by Crippen LogP contribution is 2.19. The van der Waals surface area contributed by atoms with Gasteiger partial charge in [0.25, 0.3) is 0 Å². The first-order valence-electron chi connectivity index (χ1n) is 21.6. The molecule has 0 aromatic rings. The molecule has 0 bridgehead atoms. The molecule has 46 heavy (non-hydrogen) atoms. The second kappa shape index (κ2) is 27.6. The molecule has 0 aliphatic carbocycles. The lowest BCUT2D eigenvalue weighted by Gasteiger charge is -2.39. The number of rotatable bonds is 35. The first-order valence-corrected chi connectivity index (χ1v) is 21.6. The van der Waals surface area contributed by atoms with Crippen LogP contribution in [0, 0.1) is 0 Å². The van der Waals surface area contributed by atoms with Crippen LogP contribution in [-0.2, 0) is 0 Å². The fourth-order valence-electron chi connectivity index (χ4n) is 9.20. The quantitative estimate of drug-likeness (QED) is 0.0471. The predicted molar refractivity (Wildman–Crippen MR) is 210 cm³/mol. The van der Waals surface area contributed by atoms with Crippen LogP contribution in [0.3, 0.4) is 0 Å². The van der Waals surface area contributed by atoms with Gasteiger partial charge in [0.15, 0.2) is 0 Å². The molecule has 0 N–H and O–H groups in total. The lowest BCUT2D eigenvalue weighted by molar-refractivity contribution is -0.927. The van der Waals surface area contributed by atoms with E-state index in [1.165, 1.54) is 225 Å². The molecule has 2 atom stereocenters. The number of quaternary nitrogens is 4. The van der Waals surface area contributed by atoms with Crippen LogP contribution in [-0.4, -0.2) is 123 Å². The van der Waals surface area contributed by atoms with Gasteiger partial charge in [-0.2, -0.15) is 0 Å². The van der Waals surface area contributed by atoms with Gasteiger partial charge in [0.05, 0.1) is 105 Å². The van der Waals surface area contributed by atoms with E-state index in [2.05, 4.69) is 69.2 Å². The normalized spacial score (nSPS) is 15.3. The molecule has 0 aliphatic heterocycles. The van der Waals surface area contributed by atoms with Gasteiger partial charge in [-0.3, -0.25) is 0 Å². The van der Waals surface area contributed by atoms with Crippen LogP contribution < -0.4 is 0 Å². The summed E-state index contributed by atoms with van der Waals surface area (Å²) in [7, 11) is 0. The van der Waals surface area contributed by atoms with Gasteiger partial charge in [-0.1, -0.05) is 27.7 Å². The molecule has 0 rings (SSSR count). The number of unbranched alkanes of at least 4 members (excludes halogenated alkanes) is 9. The Morgan fingerprint density at radius 1 is 0.196 bits per heavy atom. The summed E-state index contributed by atoms with van der Waals surface area (Å²) < 4.78 is 5.46. The van der Waals surface area contributed by atoms with Crippen LogP contribution in [0.5, 0.6) is 0 Å². The van der Waals surface area contributed by atoms with E-state index in [-0.39, 0.29) is 0 Å². The van der Waals surface area contributed by atoms with Crippen molar-refractivity contribution in [3.8, 4) is 0 Å². The maximum atomic E-state index is 2.47. The van der Waals surface area contributed by atoms with Crippen molar-refractivity contribution in [3.63, 3.8) is 0 Å². The first-order chi connectivity index (χ1) is 22.2. The monoisotopic (exact) mass is 655 g/mol. The summed E-state index contributed by atoms with van der Waals surface area (Å²) in [6.45, 7) is 46.0. The van der Waals surface area contributed by atoms with Crippen molar-refractivity contribution in [1.29, 1.82) is 0 Å². The molecule has 278 valence electrons. The highest BCUT2D eigenvalue weighted by atomic mass is 15.4. The van der Waals surface area contributed by atoms with Gasteiger partial charge >= 0.3 is 0 Å². The molecule has 4 heteroatoms. The summed E-state index contributed by atoms with van der Waals surface area (Å²) in [6.07, 6.45) is 22.5. The highest BCUT2D eigenvalue weighted by Gasteiger charge is 2.26. The van der Waals surface area contributed by atoms with Crippen molar-refractivity contribution < 1.29 is 17.9 Å². The van der Waals surface area contributed by atoms with Gasteiger partial charge < -0.3 is 17.9 Å². The zero-order chi connectivity index (χ0) is 34.6. The number of nitrogens with zero attached hydrogens (tertiary/aromatic N) is 4. The molecule has 0 fully saturated rings. The Balaban J connectivity index is 4.58. The van der Waals surface area contributed by atoms with Crippen LogP contribution in [0.25, 0.3) is 0 Å². The Hall–Kier alpha value is -0.160. The van der Waals surface area contributed by atoms with Gasteiger partial charge in [-0.25, -0.2) is 0 Å². The fraction of sp³-hybridized carbons (Fsp3) is 1.00. The SMILES string of the molecule is CCC[N+](CC)(CC)CCCCCC[N+](CC)(CCC)CCCCCC[N+](CC)(CCC)CCCCCC[N+](CC)(CC)CCC. The van der Waals surface area contributed by atoms with Crippen LogP contribution in [0.1, 0.15) is 172 Å². The maximum absolute atomic E-state index is 2.47. The standard InChI is InChI=1S/C42H94N4/c1-11-33-43(15-5,16-6)37-27-21-23-29-39-45(19-9,35-13-3)41-31-25-26-32-42-46(20-10,36-14-4)40-30-24-22-28-38-44(17-7,18-8)34-12-2/h11-42H2,1-10H3/q+4. The van der Waals surface area contributed by atoms with Gasteiger partial charge in [-0.15, -0.1) is 0 Å². The second-order valence-corrected chi connectivity index (χ2v) is 15.7. The fourth-order valence-corrected chi connectivity index (χ4v) is 9.20.